The highest BCUT2D eigenvalue weighted by atomic mass is 16.4. The van der Waals surface area contributed by atoms with Gasteiger partial charge in [0.2, 0.25) is 0 Å². The van der Waals surface area contributed by atoms with E-state index in [-0.39, 0.29) is 6.04 Å². The maximum absolute atomic E-state index is 10.5. The second-order valence-electron chi connectivity index (χ2n) is 3.02. The predicted molar refractivity (Wildman–Crippen MR) is 41.4 cm³/mol. The Morgan fingerprint density at radius 2 is 2.36 bits per heavy atom. The number of amides is 1. The van der Waals surface area contributed by atoms with E-state index in [9.17, 15) is 4.79 Å². The molecule has 0 aliphatic carbocycles. The van der Waals surface area contributed by atoms with Crippen LogP contribution in [0.1, 0.15) is 13.3 Å². The summed E-state index contributed by atoms with van der Waals surface area (Å²) >= 11 is 0. The number of carboxylic acid groups (broad SMARTS) is 1. The third-order valence-corrected chi connectivity index (χ3v) is 2.29. The summed E-state index contributed by atoms with van der Waals surface area (Å²) in [4.78, 5) is 11.9. The third kappa shape index (κ3) is 1.63. The number of nitrogens with zero attached hydrogens (tertiary/aromatic N) is 1. The van der Waals surface area contributed by atoms with Crippen molar-refractivity contribution in [2.24, 2.45) is 11.7 Å². The molecule has 0 aromatic carbocycles. The lowest BCUT2D eigenvalue weighted by Crippen LogP contribution is -2.31. The van der Waals surface area contributed by atoms with E-state index < -0.39 is 6.09 Å². The van der Waals surface area contributed by atoms with E-state index >= 15 is 0 Å². The molecule has 4 nitrogen and oxygen atoms in total. The average Bonchev–Trinajstić information content (AvgIpc) is 2.31. The van der Waals surface area contributed by atoms with E-state index in [0.717, 1.165) is 6.42 Å². The zero-order valence-corrected chi connectivity index (χ0v) is 6.66. The normalized spacial score (nSPS) is 30.9. The van der Waals surface area contributed by atoms with Crippen molar-refractivity contribution < 1.29 is 9.90 Å². The fourth-order valence-electron chi connectivity index (χ4n) is 1.48. The Labute approximate surface area is 66.0 Å². The van der Waals surface area contributed by atoms with Gasteiger partial charge >= 0.3 is 6.09 Å². The van der Waals surface area contributed by atoms with Crippen LogP contribution < -0.4 is 5.73 Å². The van der Waals surface area contributed by atoms with E-state index in [1.807, 2.05) is 6.92 Å². The molecule has 0 aromatic heterocycles. The van der Waals surface area contributed by atoms with Crippen LogP contribution in [-0.2, 0) is 0 Å². The van der Waals surface area contributed by atoms with Gasteiger partial charge in [0.05, 0.1) is 0 Å². The van der Waals surface area contributed by atoms with Crippen molar-refractivity contribution in [1.82, 2.24) is 4.90 Å². The van der Waals surface area contributed by atoms with Crippen LogP contribution in [0.5, 0.6) is 0 Å². The largest absolute Gasteiger partial charge is 0.465 e. The predicted octanol–water partition coefficient (Wildman–Crippen LogP) is 0.334. The highest BCUT2D eigenvalue weighted by Crippen LogP contribution is 2.17. The van der Waals surface area contributed by atoms with E-state index in [2.05, 4.69) is 0 Å². The molecule has 64 valence electrons. The van der Waals surface area contributed by atoms with Crippen LogP contribution in [0.3, 0.4) is 0 Å². The summed E-state index contributed by atoms with van der Waals surface area (Å²) in [5, 5.41) is 8.61. The lowest BCUT2D eigenvalue weighted by molar-refractivity contribution is 0.153. The number of carbonyl (C=O) groups is 1. The van der Waals surface area contributed by atoms with Crippen LogP contribution >= 0.6 is 0 Å². The van der Waals surface area contributed by atoms with Crippen LogP contribution in [0.15, 0.2) is 0 Å². The Balaban J connectivity index is 2.49. The van der Waals surface area contributed by atoms with Crippen molar-refractivity contribution in [3.8, 4) is 0 Å². The molecular formula is C7H14N2O2. The molecule has 0 aromatic rings. The lowest BCUT2D eigenvalue weighted by Gasteiger charge is -2.09. The summed E-state index contributed by atoms with van der Waals surface area (Å²) in [6.45, 7) is 3.14. The monoisotopic (exact) mass is 158 g/mol. The summed E-state index contributed by atoms with van der Waals surface area (Å²) in [7, 11) is 0. The second kappa shape index (κ2) is 3.09. The number of hydrogen-bond donors (Lipinski definition) is 2. The van der Waals surface area contributed by atoms with Crippen LogP contribution in [0, 0.1) is 5.92 Å². The first-order valence-electron chi connectivity index (χ1n) is 3.88. The zero-order valence-electron chi connectivity index (χ0n) is 6.66. The van der Waals surface area contributed by atoms with Gasteiger partial charge in [-0.1, -0.05) is 13.3 Å². The minimum Gasteiger partial charge on any atom is -0.465 e. The van der Waals surface area contributed by atoms with Gasteiger partial charge in [0.15, 0.2) is 0 Å². The third-order valence-electron chi connectivity index (χ3n) is 2.29. The molecule has 1 rings (SSSR count). The smallest absolute Gasteiger partial charge is 0.407 e. The zero-order chi connectivity index (χ0) is 8.43. The molecule has 2 unspecified atom stereocenters. The Hall–Kier alpha value is -0.770. The lowest BCUT2D eigenvalue weighted by atomic mass is 10.0. The molecule has 1 fully saturated rings. The van der Waals surface area contributed by atoms with E-state index in [1.165, 1.54) is 4.90 Å². The first-order chi connectivity index (χ1) is 5.15. The Morgan fingerprint density at radius 1 is 1.73 bits per heavy atom. The average molecular weight is 158 g/mol. The number of rotatable bonds is 1. The van der Waals surface area contributed by atoms with Crippen LogP contribution in [-0.4, -0.2) is 35.2 Å². The van der Waals surface area contributed by atoms with Crippen molar-refractivity contribution in [1.29, 1.82) is 0 Å². The minimum atomic E-state index is -0.851. The molecule has 1 heterocycles. The molecule has 0 saturated carbocycles. The maximum Gasteiger partial charge on any atom is 0.407 e. The topological polar surface area (TPSA) is 66.6 Å². The molecule has 4 heteroatoms. The van der Waals surface area contributed by atoms with Crippen molar-refractivity contribution in [3.05, 3.63) is 0 Å². The summed E-state index contributed by atoms with van der Waals surface area (Å²) in [6.07, 6.45) is 0.113. The standard InChI is InChI=1S/C7H14N2O2/c1-2-5-3-9(7(10)11)4-6(5)8/h5-6H,2-4,8H2,1H3,(H,10,11). The Bertz CT molecular complexity index is 161. The van der Waals surface area contributed by atoms with Gasteiger partial charge in [-0.15, -0.1) is 0 Å². The molecule has 1 amide bonds. The van der Waals surface area contributed by atoms with E-state index in [0.29, 0.717) is 19.0 Å². The first-order valence-corrected chi connectivity index (χ1v) is 3.88. The summed E-state index contributed by atoms with van der Waals surface area (Å²) in [5.74, 6) is 0.353. The van der Waals surface area contributed by atoms with Crippen LogP contribution in [0.25, 0.3) is 0 Å². The minimum absolute atomic E-state index is 0.0381. The SMILES string of the molecule is CCC1CN(C(=O)O)CC1N. The van der Waals surface area contributed by atoms with Gasteiger partial charge in [-0.25, -0.2) is 4.79 Å². The Morgan fingerprint density at radius 3 is 2.64 bits per heavy atom. The fourth-order valence-corrected chi connectivity index (χ4v) is 1.48. The molecule has 0 bridgehead atoms. The van der Waals surface area contributed by atoms with Gasteiger partial charge in [0.25, 0.3) is 0 Å². The molecule has 1 aliphatic rings. The number of likely N-dealkylation sites (tertiary alicyclic amines) is 1. The van der Waals surface area contributed by atoms with E-state index in [4.69, 9.17) is 10.8 Å². The first kappa shape index (κ1) is 8.33. The summed E-state index contributed by atoms with van der Waals surface area (Å²) in [5.41, 5.74) is 5.71. The summed E-state index contributed by atoms with van der Waals surface area (Å²) in [6, 6.07) is 0.0381. The van der Waals surface area contributed by atoms with Gasteiger partial charge in [-0.3, -0.25) is 0 Å². The Kier molecular flexibility index (Phi) is 2.34. The maximum atomic E-state index is 10.5. The molecular weight excluding hydrogens is 144 g/mol. The second-order valence-corrected chi connectivity index (χ2v) is 3.02. The van der Waals surface area contributed by atoms with Crippen molar-refractivity contribution >= 4 is 6.09 Å². The van der Waals surface area contributed by atoms with Crippen molar-refractivity contribution in [3.63, 3.8) is 0 Å². The van der Waals surface area contributed by atoms with Crippen molar-refractivity contribution in [2.75, 3.05) is 13.1 Å². The number of hydrogen-bond acceptors (Lipinski definition) is 2. The molecule has 0 spiro atoms. The number of nitrogens with two attached hydrogens (primary N) is 1. The molecule has 2 atom stereocenters. The highest BCUT2D eigenvalue weighted by molar-refractivity contribution is 5.65. The van der Waals surface area contributed by atoms with Gasteiger partial charge < -0.3 is 15.7 Å². The van der Waals surface area contributed by atoms with E-state index in [1.54, 1.807) is 0 Å². The molecule has 0 radical (unpaired) electrons. The van der Waals surface area contributed by atoms with Gasteiger partial charge in [-0.2, -0.15) is 0 Å². The quantitative estimate of drug-likeness (QED) is 0.578. The van der Waals surface area contributed by atoms with Crippen LogP contribution in [0.4, 0.5) is 4.79 Å². The molecule has 1 saturated heterocycles. The van der Waals surface area contributed by atoms with Gasteiger partial charge in [0, 0.05) is 19.1 Å². The molecule has 3 N–H and O–H groups in total. The molecule has 11 heavy (non-hydrogen) atoms. The molecule has 1 aliphatic heterocycles. The fraction of sp³-hybridized carbons (Fsp3) is 0.857. The van der Waals surface area contributed by atoms with Gasteiger partial charge in [-0.05, 0) is 5.92 Å². The van der Waals surface area contributed by atoms with Crippen molar-refractivity contribution in [2.45, 2.75) is 19.4 Å². The summed E-state index contributed by atoms with van der Waals surface area (Å²) < 4.78 is 0. The highest BCUT2D eigenvalue weighted by Gasteiger charge is 2.31. The van der Waals surface area contributed by atoms with Crippen LogP contribution in [0.2, 0.25) is 0 Å². The van der Waals surface area contributed by atoms with Gasteiger partial charge in [0.1, 0.15) is 0 Å².